The zero-order valence-corrected chi connectivity index (χ0v) is 22.1. The number of allylic oxidation sites excluding steroid dienone is 1. The maximum atomic E-state index is 13.7. The number of rotatable bonds is 7. The molecule has 3 heterocycles. The average Bonchev–Trinajstić information content (AvgIpc) is 3.52. The van der Waals surface area contributed by atoms with Gasteiger partial charge in [-0.15, -0.1) is 0 Å². The predicted octanol–water partition coefficient (Wildman–Crippen LogP) is 3.98. The monoisotopic (exact) mass is 545 g/mol. The summed E-state index contributed by atoms with van der Waals surface area (Å²) in [7, 11) is 1.56. The topological polar surface area (TPSA) is 126 Å². The van der Waals surface area contributed by atoms with Gasteiger partial charge < -0.3 is 13.9 Å². The van der Waals surface area contributed by atoms with Gasteiger partial charge in [0.1, 0.15) is 17.3 Å². The van der Waals surface area contributed by atoms with Crippen LogP contribution in [-0.2, 0) is 9.53 Å². The van der Waals surface area contributed by atoms with Crippen LogP contribution in [-0.4, -0.2) is 29.2 Å². The fraction of sp³-hybridized carbons (Fsp3) is 0.179. The van der Waals surface area contributed by atoms with Crippen molar-refractivity contribution in [2.75, 3.05) is 13.7 Å². The fourth-order valence-electron chi connectivity index (χ4n) is 4.44. The summed E-state index contributed by atoms with van der Waals surface area (Å²) >= 11 is 1.16. The largest absolute Gasteiger partial charge is 0.497 e. The summed E-state index contributed by atoms with van der Waals surface area (Å²) in [5.41, 5.74) is 1.31. The van der Waals surface area contributed by atoms with Gasteiger partial charge in [0, 0.05) is 12.1 Å². The van der Waals surface area contributed by atoms with Gasteiger partial charge in [-0.25, -0.2) is 9.79 Å². The lowest BCUT2D eigenvalue weighted by atomic mass is 9.96. The molecule has 4 aromatic rings. The maximum Gasteiger partial charge on any atom is 0.338 e. The maximum absolute atomic E-state index is 13.7. The molecular weight excluding hydrogens is 522 g/mol. The van der Waals surface area contributed by atoms with Crippen LogP contribution in [0.5, 0.6) is 5.75 Å². The molecule has 1 atom stereocenters. The zero-order valence-electron chi connectivity index (χ0n) is 21.2. The molecule has 0 fully saturated rings. The number of para-hydroxylation sites is 1. The van der Waals surface area contributed by atoms with Crippen molar-refractivity contribution in [1.29, 1.82) is 0 Å². The Morgan fingerprint density at radius 3 is 2.62 bits per heavy atom. The first-order valence-corrected chi connectivity index (χ1v) is 12.8. The lowest BCUT2D eigenvalue weighted by Crippen LogP contribution is -2.39. The summed E-state index contributed by atoms with van der Waals surface area (Å²) in [6.45, 7) is 3.61. The minimum atomic E-state index is -0.757. The molecule has 5 rings (SSSR count). The van der Waals surface area contributed by atoms with Gasteiger partial charge in [-0.05, 0) is 49.7 Å². The molecule has 2 aromatic carbocycles. The summed E-state index contributed by atoms with van der Waals surface area (Å²) < 4.78 is 18.3. The van der Waals surface area contributed by atoms with Crippen LogP contribution in [0.25, 0.3) is 17.4 Å². The van der Waals surface area contributed by atoms with Crippen molar-refractivity contribution < 1.29 is 23.6 Å². The van der Waals surface area contributed by atoms with Crippen LogP contribution in [0.2, 0.25) is 0 Å². The van der Waals surface area contributed by atoms with Crippen molar-refractivity contribution in [1.82, 2.24) is 4.57 Å². The van der Waals surface area contributed by atoms with E-state index in [9.17, 15) is 19.7 Å². The standard InChI is InChI=1S/C28H23N3O7S/c1-4-37-27(33)24-16(2)29-28-30(25(24)17-9-11-18(36-3)12-10-17)26(32)23(39-28)15-19-13-14-22(38-19)20-7-5-6-8-21(20)31(34)35/h5-15,25H,4H2,1-3H3/b23-15-/t25-/m1/s1. The number of nitro benzene ring substituents is 1. The summed E-state index contributed by atoms with van der Waals surface area (Å²) in [5, 5.41) is 11.4. The third-order valence-corrected chi connectivity index (χ3v) is 7.20. The summed E-state index contributed by atoms with van der Waals surface area (Å²) in [4.78, 5) is 42.7. The van der Waals surface area contributed by atoms with Crippen LogP contribution in [0, 0.1) is 10.1 Å². The van der Waals surface area contributed by atoms with Gasteiger partial charge in [-0.3, -0.25) is 19.5 Å². The van der Waals surface area contributed by atoms with E-state index in [1.54, 1.807) is 81.6 Å². The van der Waals surface area contributed by atoms with Crippen LogP contribution in [0.15, 0.2) is 86.1 Å². The number of esters is 1. The molecular formula is C28H23N3O7S. The Kier molecular flexibility index (Phi) is 6.99. The van der Waals surface area contributed by atoms with Crippen LogP contribution in [0.1, 0.15) is 31.2 Å². The average molecular weight is 546 g/mol. The smallest absolute Gasteiger partial charge is 0.338 e. The number of carbonyl (C=O) groups excluding carboxylic acids is 1. The van der Waals surface area contributed by atoms with E-state index in [-0.39, 0.29) is 23.4 Å². The highest BCUT2D eigenvalue weighted by atomic mass is 32.1. The van der Waals surface area contributed by atoms with E-state index in [1.165, 1.54) is 10.6 Å². The minimum absolute atomic E-state index is 0.0840. The number of nitrogens with zero attached hydrogens (tertiary/aromatic N) is 3. The van der Waals surface area contributed by atoms with E-state index >= 15 is 0 Å². The van der Waals surface area contributed by atoms with Crippen molar-refractivity contribution in [3.8, 4) is 17.1 Å². The number of hydrogen-bond donors (Lipinski definition) is 0. The molecule has 11 heteroatoms. The quantitative estimate of drug-likeness (QED) is 0.195. The Morgan fingerprint density at radius 1 is 1.18 bits per heavy atom. The van der Waals surface area contributed by atoms with E-state index < -0.39 is 16.9 Å². The summed E-state index contributed by atoms with van der Waals surface area (Å²) in [5.74, 6) is 0.736. The molecule has 198 valence electrons. The van der Waals surface area contributed by atoms with Gasteiger partial charge in [-0.2, -0.15) is 0 Å². The first-order valence-electron chi connectivity index (χ1n) is 12.0. The molecule has 0 N–H and O–H groups in total. The fourth-order valence-corrected chi connectivity index (χ4v) is 5.47. The molecule has 2 aromatic heterocycles. The van der Waals surface area contributed by atoms with Gasteiger partial charge in [0.25, 0.3) is 11.2 Å². The van der Waals surface area contributed by atoms with Crippen molar-refractivity contribution >= 4 is 29.1 Å². The number of aromatic nitrogens is 1. The molecule has 0 saturated heterocycles. The molecule has 0 saturated carbocycles. The molecule has 0 unspecified atom stereocenters. The van der Waals surface area contributed by atoms with Crippen LogP contribution in [0.4, 0.5) is 5.69 Å². The number of benzene rings is 2. The second-order valence-corrected chi connectivity index (χ2v) is 9.56. The van der Waals surface area contributed by atoms with Crippen molar-refractivity contribution in [2.45, 2.75) is 19.9 Å². The van der Waals surface area contributed by atoms with Gasteiger partial charge in [0.05, 0.1) is 46.0 Å². The Balaban J connectivity index is 1.63. The van der Waals surface area contributed by atoms with Crippen molar-refractivity contribution in [2.24, 2.45) is 4.99 Å². The van der Waals surface area contributed by atoms with Gasteiger partial charge in [0.15, 0.2) is 4.80 Å². The van der Waals surface area contributed by atoms with Crippen LogP contribution >= 0.6 is 11.3 Å². The number of methoxy groups -OCH3 is 1. The number of hydrogen-bond acceptors (Lipinski definition) is 9. The number of ether oxygens (including phenoxy) is 2. The molecule has 39 heavy (non-hydrogen) atoms. The Labute approximate surface area is 225 Å². The van der Waals surface area contributed by atoms with E-state index in [0.29, 0.717) is 43.4 Å². The Hall–Kier alpha value is -4.77. The highest BCUT2D eigenvalue weighted by molar-refractivity contribution is 7.07. The van der Waals surface area contributed by atoms with Gasteiger partial charge in [-0.1, -0.05) is 35.6 Å². The summed E-state index contributed by atoms with van der Waals surface area (Å²) in [6, 6.07) is 15.9. The van der Waals surface area contributed by atoms with Gasteiger partial charge in [0.2, 0.25) is 0 Å². The normalized spacial score (nSPS) is 15.1. The van der Waals surface area contributed by atoms with Crippen LogP contribution < -0.4 is 19.6 Å². The Bertz CT molecular complexity index is 1800. The van der Waals surface area contributed by atoms with Crippen LogP contribution in [0.3, 0.4) is 0 Å². The lowest BCUT2D eigenvalue weighted by molar-refractivity contribution is -0.384. The molecule has 0 aliphatic carbocycles. The number of nitro groups is 1. The number of fused-ring (bicyclic) bond motifs is 1. The summed E-state index contributed by atoms with van der Waals surface area (Å²) in [6.07, 6.45) is 1.57. The molecule has 0 bridgehead atoms. The SMILES string of the molecule is CCOC(=O)C1=C(C)N=c2s/c(=C\c3ccc(-c4ccccc4[N+](=O)[O-])o3)c(=O)n2[C@@H]1c1ccc(OC)cc1. The predicted molar refractivity (Wildman–Crippen MR) is 144 cm³/mol. The molecule has 10 nitrogen and oxygen atoms in total. The third-order valence-electron chi connectivity index (χ3n) is 6.21. The second-order valence-electron chi connectivity index (χ2n) is 8.55. The third kappa shape index (κ3) is 4.79. The minimum Gasteiger partial charge on any atom is -0.497 e. The lowest BCUT2D eigenvalue weighted by Gasteiger charge is -2.24. The molecule has 0 spiro atoms. The van der Waals surface area contributed by atoms with Gasteiger partial charge >= 0.3 is 5.97 Å². The highest BCUT2D eigenvalue weighted by Gasteiger charge is 2.33. The number of furan rings is 1. The first kappa shape index (κ1) is 25.9. The van der Waals surface area contributed by atoms with E-state index in [4.69, 9.17) is 13.9 Å². The first-order chi connectivity index (χ1) is 18.8. The van der Waals surface area contributed by atoms with Crippen molar-refractivity contribution in [3.05, 3.63) is 113 Å². The number of thiazole rings is 1. The molecule has 0 amide bonds. The van der Waals surface area contributed by atoms with Crippen molar-refractivity contribution in [3.63, 3.8) is 0 Å². The van der Waals surface area contributed by atoms with E-state index in [1.807, 2.05) is 0 Å². The zero-order chi connectivity index (χ0) is 27.7. The molecule has 1 aliphatic rings. The molecule has 0 radical (unpaired) electrons. The van der Waals surface area contributed by atoms with E-state index in [2.05, 4.69) is 4.99 Å². The molecule has 1 aliphatic heterocycles. The Morgan fingerprint density at radius 2 is 1.92 bits per heavy atom. The highest BCUT2D eigenvalue weighted by Crippen LogP contribution is 2.32. The van der Waals surface area contributed by atoms with E-state index in [0.717, 1.165) is 11.3 Å². The second kappa shape index (κ2) is 10.5. The number of carbonyl (C=O) groups is 1.